The van der Waals surface area contributed by atoms with Crippen LogP contribution in [0.5, 0.6) is 0 Å². The minimum absolute atomic E-state index is 0.209. The Hall–Kier alpha value is -2.80. The van der Waals surface area contributed by atoms with Crippen molar-refractivity contribution in [2.45, 2.75) is 16.9 Å². The second kappa shape index (κ2) is 8.26. The molecule has 0 aliphatic heterocycles. The normalized spacial score (nSPS) is 14.3. The zero-order chi connectivity index (χ0) is 19.4. The smallest absolute Gasteiger partial charge is 0.248 e. The number of rotatable bonds is 6. The second-order valence-electron chi connectivity index (χ2n) is 6.19. The van der Waals surface area contributed by atoms with Crippen molar-refractivity contribution in [1.29, 1.82) is 0 Å². The fourth-order valence-electron chi connectivity index (χ4n) is 3.21. The van der Waals surface area contributed by atoms with Crippen molar-refractivity contribution in [3.05, 3.63) is 101 Å². The molecule has 27 heavy (non-hydrogen) atoms. The van der Waals surface area contributed by atoms with Crippen molar-refractivity contribution in [3.63, 3.8) is 0 Å². The first-order chi connectivity index (χ1) is 13.0. The Kier molecular flexibility index (Phi) is 5.81. The van der Waals surface area contributed by atoms with Crippen LogP contribution in [-0.4, -0.2) is 14.7 Å². The van der Waals surface area contributed by atoms with Crippen molar-refractivity contribution in [1.82, 2.24) is 0 Å². The Bertz CT molecular complexity index is 962. The fourth-order valence-corrected chi connectivity index (χ4v) is 3.78. The minimum Gasteiger partial charge on any atom is -0.366 e. The van der Waals surface area contributed by atoms with Crippen LogP contribution in [0.4, 0.5) is 0 Å². The fraction of sp³-hybridized carbons (Fsp3) is 0.0952. The molecule has 0 spiro atoms. The van der Waals surface area contributed by atoms with Gasteiger partial charge in [-0.2, -0.15) is 0 Å². The predicted molar refractivity (Wildman–Crippen MR) is 106 cm³/mol. The standard InChI is InChI=1S/C21H20N2O3S/c22-20(15-9-5-2-6-10-15)19(14-7-3-1-4-8-14)17-13-16(21(23)24)11-12-18(17)27(25)26/h1-13,19-20H,22H2,(H2,23,24)(H,25,26)/t19-,20+/m0/s1. The monoisotopic (exact) mass is 380 g/mol. The van der Waals surface area contributed by atoms with E-state index in [1.807, 2.05) is 60.7 Å². The molecule has 0 saturated heterocycles. The topological polar surface area (TPSA) is 106 Å². The highest BCUT2D eigenvalue weighted by molar-refractivity contribution is 7.79. The molecule has 138 valence electrons. The summed E-state index contributed by atoms with van der Waals surface area (Å²) in [5, 5.41) is 0. The third-order valence-electron chi connectivity index (χ3n) is 4.52. The zero-order valence-corrected chi connectivity index (χ0v) is 15.3. The Morgan fingerprint density at radius 3 is 1.96 bits per heavy atom. The van der Waals surface area contributed by atoms with E-state index >= 15 is 0 Å². The summed E-state index contributed by atoms with van der Waals surface area (Å²) in [6, 6.07) is 23.0. The van der Waals surface area contributed by atoms with Crippen molar-refractivity contribution in [2.75, 3.05) is 0 Å². The summed E-state index contributed by atoms with van der Waals surface area (Å²) in [7, 11) is 0. The highest BCUT2D eigenvalue weighted by atomic mass is 32.2. The third kappa shape index (κ3) is 4.14. The van der Waals surface area contributed by atoms with Crippen molar-refractivity contribution in [2.24, 2.45) is 11.5 Å². The highest BCUT2D eigenvalue weighted by Crippen LogP contribution is 2.38. The maximum absolute atomic E-state index is 12.0. The van der Waals surface area contributed by atoms with E-state index in [4.69, 9.17) is 11.5 Å². The summed E-state index contributed by atoms with van der Waals surface area (Å²) in [6.07, 6.45) is 0. The zero-order valence-electron chi connectivity index (χ0n) is 14.5. The van der Waals surface area contributed by atoms with E-state index in [1.165, 1.54) is 12.1 Å². The molecule has 3 rings (SSSR count). The molecule has 6 heteroatoms. The van der Waals surface area contributed by atoms with E-state index in [-0.39, 0.29) is 10.5 Å². The third-order valence-corrected chi connectivity index (χ3v) is 5.27. The highest BCUT2D eigenvalue weighted by Gasteiger charge is 2.27. The van der Waals surface area contributed by atoms with Crippen LogP contribution in [0.2, 0.25) is 0 Å². The van der Waals surface area contributed by atoms with Crippen LogP contribution in [0.1, 0.15) is 39.0 Å². The van der Waals surface area contributed by atoms with E-state index < -0.39 is 28.9 Å². The number of hydrogen-bond acceptors (Lipinski definition) is 3. The van der Waals surface area contributed by atoms with Gasteiger partial charge in [-0.3, -0.25) is 4.79 Å². The van der Waals surface area contributed by atoms with Gasteiger partial charge in [0.15, 0.2) is 11.1 Å². The maximum atomic E-state index is 12.0. The first-order valence-corrected chi connectivity index (χ1v) is 9.49. The maximum Gasteiger partial charge on any atom is 0.248 e. The van der Waals surface area contributed by atoms with E-state index in [1.54, 1.807) is 6.07 Å². The molecule has 0 aliphatic carbocycles. The Labute approximate surface area is 160 Å². The van der Waals surface area contributed by atoms with Gasteiger partial charge in [0.2, 0.25) is 5.91 Å². The molecule has 0 radical (unpaired) electrons. The number of hydrogen-bond donors (Lipinski definition) is 3. The Morgan fingerprint density at radius 2 is 1.44 bits per heavy atom. The van der Waals surface area contributed by atoms with Gasteiger partial charge in [0.1, 0.15) is 0 Å². The summed E-state index contributed by atoms with van der Waals surface area (Å²) < 4.78 is 21.7. The van der Waals surface area contributed by atoms with Crippen LogP contribution in [0.3, 0.4) is 0 Å². The average Bonchev–Trinajstić information content (AvgIpc) is 2.69. The summed E-state index contributed by atoms with van der Waals surface area (Å²) in [4.78, 5) is 11.9. The average molecular weight is 380 g/mol. The lowest BCUT2D eigenvalue weighted by atomic mass is 9.81. The molecular weight excluding hydrogens is 360 g/mol. The summed E-state index contributed by atoms with van der Waals surface area (Å²) in [5.74, 6) is -1.04. The van der Waals surface area contributed by atoms with E-state index in [9.17, 15) is 13.6 Å². The van der Waals surface area contributed by atoms with Crippen molar-refractivity contribution in [3.8, 4) is 0 Å². The molecule has 0 aliphatic rings. The molecule has 3 aromatic carbocycles. The molecule has 1 unspecified atom stereocenters. The number of primary amides is 1. The Balaban J connectivity index is 2.23. The van der Waals surface area contributed by atoms with Gasteiger partial charge < -0.3 is 16.0 Å². The number of carbonyl (C=O) groups excluding carboxylic acids is 1. The minimum atomic E-state index is -2.24. The molecule has 5 nitrogen and oxygen atoms in total. The molecule has 0 heterocycles. The Morgan fingerprint density at radius 1 is 0.889 bits per heavy atom. The number of benzene rings is 3. The van der Waals surface area contributed by atoms with Gasteiger partial charge in [-0.15, -0.1) is 0 Å². The number of carbonyl (C=O) groups is 1. The van der Waals surface area contributed by atoms with Crippen molar-refractivity contribution < 1.29 is 13.6 Å². The SMILES string of the molecule is NC(=O)c1ccc(S(=O)O)c([C@H](c2ccccc2)[C@H](N)c2ccccc2)c1. The van der Waals surface area contributed by atoms with E-state index in [0.717, 1.165) is 11.1 Å². The molecule has 0 aromatic heterocycles. The van der Waals surface area contributed by atoms with Gasteiger partial charge in [0.05, 0.1) is 4.90 Å². The van der Waals surface area contributed by atoms with Gasteiger partial charge in [0.25, 0.3) is 0 Å². The van der Waals surface area contributed by atoms with Crippen LogP contribution < -0.4 is 11.5 Å². The lowest BCUT2D eigenvalue weighted by molar-refractivity contribution is 0.1000. The van der Waals surface area contributed by atoms with Crippen LogP contribution in [0.15, 0.2) is 83.8 Å². The predicted octanol–water partition coefficient (Wildman–Crippen LogP) is 3.20. The lowest BCUT2D eigenvalue weighted by Gasteiger charge is -2.27. The van der Waals surface area contributed by atoms with Crippen LogP contribution in [0.25, 0.3) is 0 Å². The van der Waals surface area contributed by atoms with Gasteiger partial charge >= 0.3 is 0 Å². The van der Waals surface area contributed by atoms with Crippen LogP contribution >= 0.6 is 0 Å². The first kappa shape index (κ1) is 19.0. The first-order valence-electron chi connectivity index (χ1n) is 8.39. The second-order valence-corrected chi connectivity index (χ2v) is 7.13. The lowest BCUT2D eigenvalue weighted by Crippen LogP contribution is -2.23. The van der Waals surface area contributed by atoms with Crippen LogP contribution in [0, 0.1) is 0 Å². The molecule has 3 aromatic rings. The molecule has 3 atom stereocenters. The van der Waals surface area contributed by atoms with E-state index in [0.29, 0.717) is 5.56 Å². The van der Waals surface area contributed by atoms with E-state index in [2.05, 4.69) is 0 Å². The largest absolute Gasteiger partial charge is 0.366 e. The molecule has 1 amide bonds. The quantitative estimate of drug-likeness (QED) is 0.571. The van der Waals surface area contributed by atoms with Gasteiger partial charge in [-0.1, -0.05) is 60.7 Å². The summed E-state index contributed by atoms with van der Waals surface area (Å²) in [6.45, 7) is 0. The van der Waals surface area contributed by atoms with Gasteiger partial charge in [0, 0.05) is 17.5 Å². The van der Waals surface area contributed by atoms with Gasteiger partial charge in [-0.25, -0.2) is 4.21 Å². The number of nitrogens with two attached hydrogens (primary N) is 2. The molecule has 0 fully saturated rings. The molecule has 0 bridgehead atoms. The summed E-state index contributed by atoms with van der Waals surface area (Å²) in [5.41, 5.74) is 14.6. The number of amides is 1. The van der Waals surface area contributed by atoms with Crippen LogP contribution in [-0.2, 0) is 11.1 Å². The van der Waals surface area contributed by atoms with Crippen molar-refractivity contribution >= 4 is 17.0 Å². The molecule has 0 saturated carbocycles. The molecular formula is C21H20N2O3S. The molecule has 5 N–H and O–H groups in total. The summed E-state index contributed by atoms with van der Waals surface area (Å²) >= 11 is -2.24. The van der Waals surface area contributed by atoms with Gasteiger partial charge in [-0.05, 0) is 34.9 Å².